The van der Waals surface area contributed by atoms with Crippen molar-refractivity contribution in [3.63, 3.8) is 0 Å². The van der Waals surface area contributed by atoms with Crippen LogP contribution in [0, 0.1) is 13.8 Å². The molecule has 0 bridgehead atoms. The van der Waals surface area contributed by atoms with Gasteiger partial charge in [0.05, 0.1) is 5.75 Å². The Morgan fingerprint density at radius 2 is 2.20 bits per heavy atom. The molecule has 0 unspecified atom stereocenters. The number of carbonyl (C=O) groups is 1. The lowest BCUT2D eigenvalue weighted by atomic mass is 10.2. The highest BCUT2D eigenvalue weighted by Crippen LogP contribution is 2.39. The summed E-state index contributed by atoms with van der Waals surface area (Å²) in [4.78, 5) is 18.5. The van der Waals surface area contributed by atoms with E-state index in [1.807, 2.05) is 24.5 Å². The topological polar surface area (TPSA) is 94.3 Å². The van der Waals surface area contributed by atoms with Crippen molar-refractivity contribution < 1.29 is 4.79 Å². The van der Waals surface area contributed by atoms with Gasteiger partial charge in [-0.3, -0.25) is 9.36 Å². The number of carbonyl (C=O) groups excluding carboxylic acids is 1. The van der Waals surface area contributed by atoms with Crippen LogP contribution in [0.3, 0.4) is 0 Å². The van der Waals surface area contributed by atoms with Crippen molar-refractivity contribution in [3.05, 3.63) is 57.6 Å². The van der Waals surface area contributed by atoms with Crippen molar-refractivity contribution in [3.8, 4) is 5.95 Å². The first-order chi connectivity index (χ1) is 14.6. The first kappa shape index (κ1) is 19.3. The van der Waals surface area contributed by atoms with Crippen molar-refractivity contribution in [1.82, 2.24) is 34.5 Å². The predicted octanol–water partition coefficient (Wildman–Crippen LogP) is 3.77. The maximum Gasteiger partial charge on any atom is 0.229 e. The zero-order valence-corrected chi connectivity index (χ0v) is 18.3. The van der Waals surface area contributed by atoms with Crippen LogP contribution in [-0.4, -0.2) is 46.0 Å². The van der Waals surface area contributed by atoms with E-state index in [0.717, 1.165) is 41.6 Å². The highest BCUT2D eigenvalue weighted by Gasteiger charge is 2.30. The molecule has 0 atom stereocenters. The van der Waals surface area contributed by atoms with Gasteiger partial charge >= 0.3 is 0 Å². The maximum absolute atomic E-state index is 13.0. The van der Waals surface area contributed by atoms with E-state index in [9.17, 15) is 4.79 Å². The molecule has 0 spiro atoms. The van der Waals surface area contributed by atoms with Crippen LogP contribution in [0.15, 0.2) is 35.1 Å². The van der Waals surface area contributed by atoms with Crippen LogP contribution in [0.4, 0.5) is 0 Å². The Kier molecular flexibility index (Phi) is 5.03. The van der Waals surface area contributed by atoms with E-state index < -0.39 is 0 Å². The number of aryl methyl sites for hydroxylation is 1. The molecule has 0 saturated heterocycles. The van der Waals surface area contributed by atoms with Crippen LogP contribution in [-0.2, 0) is 6.42 Å². The lowest BCUT2D eigenvalue weighted by molar-refractivity contribution is 0.102. The molecule has 5 rings (SSSR count). The molecule has 154 valence electrons. The molecule has 10 heteroatoms. The number of hydrogen-bond donors (Lipinski definition) is 1. The van der Waals surface area contributed by atoms with E-state index in [2.05, 4.69) is 47.5 Å². The molecule has 1 aliphatic rings. The molecule has 4 heterocycles. The molecule has 0 radical (unpaired) electrons. The number of H-pyrrole nitrogens is 1. The fraction of sp³-hybridized carbons (Fsp3) is 0.350. The van der Waals surface area contributed by atoms with Gasteiger partial charge in [0.25, 0.3) is 0 Å². The van der Waals surface area contributed by atoms with E-state index in [4.69, 9.17) is 0 Å². The standard InChI is InChI=1S/C20H21N7OS2/c1-12-8-16(13(2)26(12)19-21-11-22-24-19)17(28)10-30-20-25-23-18(27(20)14-5-6-14)9-15-4-3-7-29-15/h3-4,7-8,11,14H,5-6,9-10H2,1-2H3,(H,21,22,24). The summed E-state index contributed by atoms with van der Waals surface area (Å²) in [6.07, 6.45) is 4.54. The second kappa shape index (κ2) is 7.84. The molecule has 0 amide bonds. The largest absolute Gasteiger partial charge is 0.303 e. The van der Waals surface area contributed by atoms with Crippen molar-refractivity contribution in [2.45, 2.75) is 44.3 Å². The van der Waals surface area contributed by atoms with Gasteiger partial charge in [-0.05, 0) is 44.2 Å². The zero-order chi connectivity index (χ0) is 20.7. The van der Waals surface area contributed by atoms with E-state index in [1.54, 1.807) is 11.3 Å². The quantitative estimate of drug-likeness (QED) is 0.332. The summed E-state index contributed by atoms with van der Waals surface area (Å²) in [7, 11) is 0. The first-order valence-electron chi connectivity index (χ1n) is 9.78. The van der Waals surface area contributed by atoms with Gasteiger partial charge in [0.15, 0.2) is 10.9 Å². The highest BCUT2D eigenvalue weighted by molar-refractivity contribution is 7.99. The molecular formula is C20H21N7OS2. The van der Waals surface area contributed by atoms with Crippen LogP contribution in [0.2, 0.25) is 0 Å². The predicted molar refractivity (Wildman–Crippen MR) is 116 cm³/mol. The van der Waals surface area contributed by atoms with Crippen LogP contribution in [0.25, 0.3) is 5.95 Å². The van der Waals surface area contributed by atoms with Crippen molar-refractivity contribution in [2.24, 2.45) is 0 Å². The Morgan fingerprint density at radius 1 is 1.33 bits per heavy atom. The average Bonchev–Trinajstić information content (AvgIpc) is 3.15. The van der Waals surface area contributed by atoms with Crippen LogP contribution >= 0.6 is 23.1 Å². The Bertz CT molecular complexity index is 1170. The molecule has 0 aliphatic heterocycles. The van der Waals surface area contributed by atoms with E-state index in [1.165, 1.54) is 23.0 Å². The Hall–Kier alpha value is -2.72. The summed E-state index contributed by atoms with van der Waals surface area (Å²) in [5.41, 5.74) is 2.50. The number of thiophene rings is 1. The Morgan fingerprint density at radius 3 is 2.90 bits per heavy atom. The summed E-state index contributed by atoms with van der Waals surface area (Å²) in [6.45, 7) is 3.89. The number of aromatic nitrogens is 7. The fourth-order valence-electron chi connectivity index (χ4n) is 3.68. The van der Waals surface area contributed by atoms with Gasteiger partial charge in [-0.15, -0.1) is 21.5 Å². The maximum atomic E-state index is 13.0. The Labute approximate surface area is 181 Å². The number of nitrogens with zero attached hydrogens (tertiary/aromatic N) is 6. The molecule has 1 fully saturated rings. The number of rotatable bonds is 8. The third kappa shape index (κ3) is 3.61. The third-order valence-corrected chi connectivity index (χ3v) is 7.06. The second-order valence-corrected chi connectivity index (χ2v) is 9.37. The van der Waals surface area contributed by atoms with Crippen LogP contribution in [0.1, 0.15) is 51.3 Å². The zero-order valence-electron chi connectivity index (χ0n) is 16.7. The van der Waals surface area contributed by atoms with Crippen molar-refractivity contribution in [2.75, 3.05) is 5.75 Å². The lowest BCUT2D eigenvalue weighted by Gasteiger charge is -2.08. The van der Waals surface area contributed by atoms with Crippen molar-refractivity contribution in [1.29, 1.82) is 0 Å². The minimum Gasteiger partial charge on any atom is -0.303 e. The van der Waals surface area contributed by atoms with E-state index >= 15 is 0 Å². The number of thioether (sulfide) groups is 1. The summed E-state index contributed by atoms with van der Waals surface area (Å²) >= 11 is 3.20. The van der Waals surface area contributed by atoms with E-state index in [0.29, 0.717) is 23.3 Å². The summed E-state index contributed by atoms with van der Waals surface area (Å²) < 4.78 is 4.15. The van der Waals surface area contributed by atoms with E-state index in [-0.39, 0.29) is 5.78 Å². The van der Waals surface area contributed by atoms with Gasteiger partial charge in [-0.25, -0.2) is 5.10 Å². The fourth-order valence-corrected chi connectivity index (χ4v) is 5.29. The SMILES string of the molecule is Cc1cc(C(=O)CSc2nnc(Cc3cccs3)n2C2CC2)c(C)n1-c1ncn[nH]1. The second-order valence-electron chi connectivity index (χ2n) is 7.40. The highest BCUT2D eigenvalue weighted by atomic mass is 32.2. The Balaban J connectivity index is 1.34. The number of hydrogen-bond acceptors (Lipinski definition) is 7. The normalized spacial score (nSPS) is 13.8. The summed E-state index contributed by atoms with van der Waals surface area (Å²) in [5, 5.41) is 18.5. The molecule has 0 aromatic carbocycles. The lowest BCUT2D eigenvalue weighted by Crippen LogP contribution is -2.08. The van der Waals surface area contributed by atoms with Gasteiger partial charge < -0.3 is 4.57 Å². The molecule has 4 aromatic heterocycles. The molecule has 1 aliphatic carbocycles. The first-order valence-corrected chi connectivity index (χ1v) is 11.6. The van der Waals surface area contributed by atoms with Gasteiger partial charge in [0.1, 0.15) is 12.2 Å². The number of Topliss-reactive ketones (excluding diaryl/α,β-unsaturated/α-hetero) is 1. The minimum atomic E-state index is 0.0732. The third-order valence-electron chi connectivity index (χ3n) is 5.24. The molecule has 1 saturated carbocycles. The minimum absolute atomic E-state index is 0.0732. The van der Waals surface area contributed by atoms with Crippen LogP contribution in [0.5, 0.6) is 0 Å². The van der Waals surface area contributed by atoms with Crippen LogP contribution < -0.4 is 0 Å². The molecule has 1 N–H and O–H groups in total. The molecule has 30 heavy (non-hydrogen) atoms. The summed E-state index contributed by atoms with van der Waals surface area (Å²) in [6, 6.07) is 6.55. The molecular weight excluding hydrogens is 418 g/mol. The van der Waals surface area contributed by atoms with Gasteiger partial charge in [-0.1, -0.05) is 17.8 Å². The van der Waals surface area contributed by atoms with Crippen molar-refractivity contribution >= 4 is 28.9 Å². The molecule has 4 aromatic rings. The van der Waals surface area contributed by atoms with Gasteiger partial charge in [-0.2, -0.15) is 10.1 Å². The number of ketones is 1. The summed E-state index contributed by atoms with van der Waals surface area (Å²) in [5.74, 6) is 2.00. The molecule has 8 nitrogen and oxygen atoms in total. The monoisotopic (exact) mass is 439 g/mol. The smallest absolute Gasteiger partial charge is 0.229 e. The number of nitrogens with one attached hydrogen (secondary N) is 1. The van der Waals surface area contributed by atoms with Gasteiger partial charge in [0.2, 0.25) is 5.95 Å². The average molecular weight is 440 g/mol. The van der Waals surface area contributed by atoms with Gasteiger partial charge in [0, 0.05) is 34.3 Å². The number of aromatic amines is 1.